The fourth-order valence-electron chi connectivity index (χ4n) is 2.29. The highest BCUT2D eigenvalue weighted by Gasteiger charge is 2.18. The Labute approximate surface area is 120 Å². The third kappa shape index (κ3) is 2.02. The van der Waals surface area contributed by atoms with Crippen LogP contribution in [0.1, 0.15) is 24.1 Å². The minimum absolute atomic E-state index is 0.174. The summed E-state index contributed by atoms with van der Waals surface area (Å²) in [4.78, 5) is 4.68. The van der Waals surface area contributed by atoms with Gasteiger partial charge in [0.2, 0.25) is 0 Å². The molecule has 1 atom stereocenters. The average Bonchev–Trinajstić information content (AvgIpc) is 2.78. The smallest absolute Gasteiger partial charge is 0.153 e. The van der Waals surface area contributed by atoms with Crippen LogP contribution < -0.4 is 5.73 Å². The van der Waals surface area contributed by atoms with Crippen molar-refractivity contribution in [3.05, 3.63) is 64.4 Å². The van der Waals surface area contributed by atoms with Crippen LogP contribution in [0.15, 0.2) is 53.1 Å². The van der Waals surface area contributed by atoms with Crippen LogP contribution >= 0.6 is 15.9 Å². The molecule has 96 valence electrons. The molecule has 3 aromatic rings. The Bertz CT molecular complexity index is 719. The average molecular weight is 316 g/mol. The summed E-state index contributed by atoms with van der Waals surface area (Å²) in [6.45, 7) is 2.13. The summed E-state index contributed by atoms with van der Waals surface area (Å²) >= 11 is 3.51. The molecule has 0 aliphatic carbocycles. The number of fused-ring (bicyclic) bond motifs is 1. The summed E-state index contributed by atoms with van der Waals surface area (Å²) in [5, 5.41) is 0. The van der Waals surface area contributed by atoms with E-state index in [-0.39, 0.29) is 5.92 Å². The highest BCUT2D eigenvalue weighted by Crippen LogP contribution is 2.30. The fourth-order valence-corrected chi connectivity index (χ4v) is 2.72. The maximum atomic E-state index is 6.23. The summed E-state index contributed by atoms with van der Waals surface area (Å²) in [7, 11) is 0. The van der Waals surface area contributed by atoms with Crippen molar-refractivity contribution in [2.45, 2.75) is 12.8 Å². The summed E-state index contributed by atoms with van der Waals surface area (Å²) in [5.41, 5.74) is 9.22. The molecule has 3 rings (SSSR count). The van der Waals surface area contributed by atoms with Crippen molar-refractivity contribution in [1.82, 2.24) is 9.38 Å². The number of hydrogen-bond acceptors (Lipinski definition) is 2. The molecule has 0 aliphatic heterocycles. The van der Waals surface area contributed by atoms with Crippen LogP contribution in [-0.4, -0.2) is 9.38 Å². The fraction of sp³-hybridized carbons (Fsp3) is 0.133. The predicted octanol–water partition coefficient (Wildman–Crippen LogP) is 3.83. The predicted molar refractivity (Wildman–Crippen MR) is 81.3 cm³/mol. The highest BCUT2D eigenvalue weighted by atomic mass is 79.9. The van der Waals surface area contributed by atoms with E-state index in [0.29, 0.717) is 5.82 Å². The zero-order valence-corrected chi connectivity index (χ0v) is 12.1. The number of nitrogens with two attached hydrogens (primary N) is 1. The first kappa shape index (κ1) is 12.2. The number of halogens is 1. The Balaban J connectivity index is 2.16. The molecule has 1 aromatic carbocycles. The number of pyridine rings is 1. The van der Waals surface area contributed by atoms with E-state index in [9.17, 15) is 0 Å². The molecule has 0 spiro atoms. The van der Waals surface area contributed by atoms with E-state index < -0.39 is 0 Å². The highest BCUT2D eigenvalue weighted by molar-refractivity contribution is 9.10. The first-order valence-electron chi connectivity index (χ1n) is 6.15. The van der Waals surface area contributed by atoms with Crippen LogP contribution in [0, 0.1) is 0 Å². The number of hydrogen-bond donors (Lipinski definition) is 1. The molecular formula is C15H14BrN3. The van der Waals surface area contributed by atoms with Crippen molar-refractivity contribution in [3.63, 3.8) is 0 Å². The summed E-state index contributed by atoms with van der Waals surface area (Å²) in [6, 6.07) is 14.2. The largest absolute Gasteiger partial charge is 0.383 e. The van der Waals surface area contributed by atoms with E-state index >= 15 is 0 Å². The molecule has 0 saturated carbocycles. The van der Waals surface area contributed by atoms with E-state index in [0.717, 1.165) is 15.8 Å². The Morgan fingerprint density at radius 2 is 1.89 bits per heavy atom. The number of nitrogens with zero attached hydrogens (tertiary/aromatic N) is 2. The number of aromatic nitrogens is 2. The van der Waals surface area contributed by atoms with Crippen molar-refractivity contribution >= 4 is 27.4 Å². The summed E-state index contributed by atoms with van der Waals surface area (Å²) < 4.78 is 2.87. The Hall–Kier alpha value is -1.81. The SMILES string of the molecule is CC(c1ccccc1)c1nc2c(Br)cccn2c1N. The van der Waals surface area contributed by atoms with Gasteiger partial charge in [0.15, 0.2) is 5.65 Å². The maximum Gasteiger partial charge on any atom is 0.153 e. The monoisotopic (exact) mass is 315 g/mol. The van der Waals surface area contributed by atoms with Crippen LogP contribution in [0.2, 0.25) is 0 Å². The van der Waals surface area contributed by atoms with Crippen molar-refractivity contribution in [2.75, 3.05) is 5.73 Å². The second kappa shape index (κ2) is 4.70. The molecule has 4 heteroatoms. The van der Waals surface area contributed by atoms with Gasteiger partial charge in [-0.15, -0.1) is 0 Å². The lowest BCUT2D eigenvalue weighted by molar-refractivity contribution is 0.889. The number of rotatable bonds is 2. The van der Waals surface area contributed by atoms with Crippen LogP contribution in [0.3, 0.4) is 0 Å². The molecule has 0 amide bonds. The third-order valence-electron chi connectivity index (χ3n) is 3.38. The summed E-state index contributed by atoms with van der Waals surface area (Å²) in [5.74, 6) is 0.876. The van der Waals surface area contributed by atoms with Gasteiger partial charge >= 0.3 is 0 Å². The molecule has 1 unspecified atom stereocenters. The molecule has 0 saturated heterocycles. The van der Waals surface area contributed by atoms with E-state index in [1.54, 1.807) is 0 Å². The van der Waals surface area contributed by atoms with Gasteiger partial charge in [0, 0.05) is 12.1 Å². The van der Waals surface area contributed by atoms with Crippen LogP contribution in [0.25, 0.3) is 5.65 Å². The van der Waals surface area contributed by atoms with Crippen molar-refractivity contribution in [2.24, 2.45) is 0 Å². The van der Waals surface area contributed by atoms with Gasteiger partial charge < -0.3 is 5.73 Å². The van der Waals surface area contributed by atoms with E-state index in [1.807, 2.05) is 40.9 Å². The van der Waals surface area contributed by atoms with Gasteiger partial charge in [-0.1, -0.05) is 37.3 Å². The topological polar surface area (TPSA) is 43.3 Å². The molecule has 3 nitrogen and oxygen atoms in total. The zero-order chi connectivity index (χ0) is 13.4. The van der Waals surface area contributed by atoms with Gasteiger partial charge in [-0.2, -0.15) is 0 Å². The van der Waals surface area contributed by atoms with Crippen LogP contribution in [0.5, 0.6) is 0 Å². The third-order valence-corrected chi connectivity index (χ3v) is 4.00. The minimum Gasteiger partial charge on any atom is -0.383 e. The molecule has 0 fully saturated rings. The van der Waals surface area contributed by atoms with E-state index in [1.165, 1.54) is 5.56 Å². The number of nitrogen functional groups attached to an aromatic ring is 1. The van der Waals surface area contributed by atoms with E-state index in [2.05, 4.69) is 40.0 Å². The van der Waals surface area contributed by atoms with Crippen molar-refractivity contribution in [3.8, 4) is 0 Å². The van der Waals surface area contributed by atoms with Gasteiger partial charge in [0.25, 0.3) is 0 Å². The first-order valence-corrected chi connectivity index (χ1v) is 6.94. The Morgan fingerprint density at radius 1 is 1.16 bits per heavy atom. The van der Waals surface area contributed by atoms with Gasteiger partial charge in [-0.05, 0) is 33.6 Å². The molecule has 2 aromatic heterocycles. The second-order valence-corrected chi connectivity index (χ2v) is 5.42. The molecular weight excluding hydrogens is 302 g/mol. The lowest BCUT2D eigenvalue weighted by atomic mass is 9.98. The zero-order valence-electron chi connectivity index (χ0n) is 10.5. The van der Waals surface area contributed by atoms with Crippen molar-refractivity contribution < 1.29 is 0 Å². The summed E-state index contributed by atoms with van der Waals surface area (Å²) in [6.07, 6.45) is 1.93. The molecule has 2 N–H and O–H groups in total. The van der Waals surface area contributed by atoms with E-state index in [4.69, 9.17) is 5.73 Å². The van der Waals surface area contributed by atoms with Crippen molar-refractivity contribution in [1.29, 1.82) is 0 Å². The number of benzene rings is 1. The van der Waals surface area contributed by atoms with Crippen LogP contribution in [0.4, 0.5) is 5.82 Å². The maximum absolute atomic E-state index is 6.23. The minimum atomic E-state index is 0.174. The van der Waals surface area contributed by atoms with Crippen LogP contribution in [-0.2, 0) is 0 Å². The normalized spacial score (nSPS) is 12.7. The molecule has 0 aliphatic rings. The quantitative estimate of drug-likeness (QED) is 0.781. The molecule has 0 bridgehead atoms. The van der Waals surface area contributed by atoms with Gasteiger partial charge in [-0.25, -0.2) is 4.98 Å². The molecule has 2 heterocycles. The van der Waals surface area contributed by atoms with Gasteiger partial charge in [0.1, 0.15) is 5.82 Å². The lowest BCUT2D eigenvalue weighted by Gasteiger charge is -2.09. The number of imidazole rings is 1. The second-order valence-electron chi connectivity index (χ2n) is 4.56. The lowest BCUT2D eigenvalue weighted by Crippen LogP contribution is -2.01. The van der Waals surface area contributed by atoms with Gasteiger partial charge in [-0.3, -0.25) is 4.40 Å². The Morgan fingerprint density at radius 3 is 2.58 bits per heavy atom. The molecule has 19 heavy (non-hydrogen) atoms. The first-order chi connectivity index (χ1) is 9.18. The van der Waals surface area contributed by atoms with Gasteiger partial charge in [0.05, 0.1) is 10.2 Å². The standard InChI is InChI=1S/C15H14BrN3/c1-10(11-6-3-2-4-7-11)13-14(17)19-9-5-8-12(16)15(19)18-13/h2-10H,17H2,1H3. The molecule has 0 radical (unpaired) electrons. The number of anilines is 1. The Kier molecular flexibility index (Phi) is 3.03.